The van der Waals surface area contributed by atoms with Gasteiger partial charge >= 0.3 is 0 Å². The van der Waals surface area contributed by atoms with Crippen LogP contribution in [-0.4, -0.2) is 28.6 Å². The van der Waals surface area contributed by atoms with E-state index in [0.29, 0.717) is 5.92 Å². The maximum atomic E-state index is 2.45. The molecule has 2 heteroatoms. The van der Waals surface area contributed by atoms with Crippen molar-refractivity contribution in [3.63, 3.8) is 0 Å². The predicted molar refractivity (Wildman–Crippen MR) is 93.0 cm³/mol. The molecule has 116 valence electrons. The van der Waals surface area contributed by atoms with Gasteiger partial charge in [0.05, 0.1) is 5.52 Å². The summed E-state index contributed by atoms with van der Waals surface area (Å²) in [4.78, 5) is 2.45. The second-order valence-electron chi connectivity index (χ2n) is 7.35. The van der Waals surface area contributed by atoms with Crippen molar-refractivity contribution < 1.29 is 0 Å². The number of hydrogen-bond acceptors (Lipinski definition) is 1. The average molecular weight is 286 g/mol. The molecule has 0 radical (unpaired) electrons. The summed E-state index contributed by atoms with van der Waals surface area (Å²) in [6.45, 7) is 10.4. The number of rotatable bonds is 5. The normalized spacial score (nSPS) is 14.0. The van der Waals surface area contributed by atoms with Gasteiger partial charge in [-0.1, -0.05) is 25.1 Å². The topological polar surface area (TPSA) is 8.17 Å². The van der Waals surface area contributed by atoms with Gasteiger partial charge in [-0.15, -0.1) is 0 Å². The number of hydrogen-bond donors (Lipinski definition) is 0. The van der Waals surface area contributed by atoms with E-state index >= 15 is 0 Å². The average Bonchev–Trinajstić information content (AvgIpc) is 2.79. The highest BCUT2D eigenvalue weighted by Gasteiger charge is 2.17. The number of para-hydroxylation sites is 1. The molecule has 0 fully saturated rings. The van der Waals surface area contributed by atoms with Gasteiger partial charge in [-0.3, -0.25) is 0 Å². The minimum absolute atomic E-state index is 0.265. The zero-order valence-electron chi connectivity index (χ0n) is 14.5. The van der Waals surface area contributed by atoms with Crippen LogP contribution >= 0.6 is 0 Å². The Labute approximate surface area is 129 Å². The Balaban J connectivity index is 2.03. The smallest absolute Gasteiger partial charge is 0.0512 e. The van der Waals surface area contributed by atoms with Gasteiger partial charge in [-0.25, -0.2) is 0 Å². The summed E-state index contributed by atoms with van der Waals surface area (Å²) in [6.07, 6.45) is 4.65. The van der Waals surface area contributed by atoms with Gasteiger partial charge in [0.25, 0.3) is 0 Å². The van der Waals surface area contributed by atoms with Gasteiger partial charge in [0, 0.05) is 18.8 Å². The summed E-state index contributed by atoms with van der Waals surface area (Å²) >= 11 is 0. The Hall–Kier alpha value is -1.28. The third kappa shape index (κ3) is 3.68. The molecule has 1 unspecified atom stereocenters. The van der Waals surface area contributed by atoms with E-state index in [4.69, 9.17) is 0 Å². The van der Waals surface area contributed by atoms with Crippen molar-refractivity contribution in [3.8, 4) is 0 Å². The fourth-order valence-electron chi connectivity index (χ4n) is 2.91. The summed E-state index contributed by atoms with van der Waals surface area (Å²) in [6, 6.07) is 8.90. The van der Waals surface area contributed by atoms with Crippen molar-refractivity contribution in [3.05, 3.63) is 36.0 Å². The molecule has 0 bridgehead atoms. The number of fused-ring (bicyclic) bond motifs is 1. The molecule has 2 nitrogen and oxygen atoms in total. The van der Waals surface area contributed by atoms with E-state index in [-0.39, 0.29) is 5.54 Å². The highest BCUT2D eigenvalue weighted by Crippen LogP contribution is 2.29. The molecule has 0 aliphatic rings. The van der Waals surface area contributed by atoms with E-state index in [1.54, 1.807) is 0 Å². The molecule has 1 aromatic heterocycles. The summed E-state index contributed by atoms with van der Waals surface area (Å²) in [5.41, 5.74) is 3.15. The first kappa shape index (κ1) is 16.1. The molecule has 0 aliphatic carbocycles. The van der Waals surface area contributed by atoms with Crippen LogP contribution < -0.4 is 0 Å². The Bertz CT molecular complexity index is 589. The molecule has 0 aliphatic heterocycles. The Morgan fingerprint density at radius 3 is 2.57 bits per heavy atom. The molecule has 21 heavy (non-hydrogen) atoms. The molecule has 2 aromatic rings. The lowest BCUT2D eigenvalue weighted by Gasteiger charge is -2.32. The summed E-state index contributed by atoms with van der Waals surface area (Å²) in [5, 5.41) is 1.36. The van der Waals surface area contributed by atoms with E-state index in [1.165, 1.54) is 29.3 Å². The first-order valence-electron chi connectivity index (χ1n) is 8.06. The van der Waals surface area contributed by atoms with Crippen molar-refractivity contribution in [2.24, 2.45) is 7.05 Å². The lowest BCUT2D eigenvalue weighted by Crippen LogP contribution is -2.38. The van der Waals surface area contributed by atoms with Crippen LogP contribution in [0.15, 0.2) is 30.5 Å². The van der Waals surface area contributed by atoms with E-state index in [1.807, 2.05) is 0 Å². The van der Waals surface area contributed by atoms with Gasteiger partial charge in [0.15, 0.2) is 0 Å². The minimum Gasteiger partial charge on any atom is -0.350 e. The number of nitrogens with zero attached hydrogens (tertiary/aromatic N) is 2. The van der Waals surface area contributed by atoms with Gasteiger partial charge in [-0.05, 0) is 70.1 Å². The third-order valence-corrected chi connectivity index (χ3v) is 4.74. The lowest BCUT2D eigenvalue weighted by atomic mass is 9.94. The summed E-state index contributed by atoms with van der Waals surface area (Å²) in [7, 11) is 4.37. The largest absolute Gasteiger partial charge is 0.350 e. The molecule has 1 atom stereocenters. The van der Waals surface area contributed by atoms with Crippen LogP contribution in [0.1, 0.15) is 52.0 Å². The highest BCUT2D eigenvalue weighted by molar-refractivity contribution is 5.83. The van der Waals surface area contributed by atoms with Crippen LogP contribution in [0.3, 0.4) is 0 Å². The van der Waals surface area contributed by atoms with E-state index in [0.717, 1.165) is 6.54 Å². The van der Waals surface area contributed by atoms with Crippen LogP contribution in [0.25, 0.3) is 10.9 Å². The Kier molecular flexibility index (Phi) is 4.77. The molecular formula is C19H30N2. The SMILES string of the molecule is CC(CCCN(C)C(C)(C)C)c1cccc2ccn(C)c12. The van der Waals surface area contributed by atoms with Gasteiger partial charge < -0.3 is 9.47 Å². The number of benzene rings is 1. The van der Waals surface area contributed by atoms with Gasteiger partial charge in [0.2, 0.25) is 0 Å². The predicted octanol–water partition coefficient (Wildman–Crippen LogP) is 4.79. The maximum Gasteiger partial charge on any atom is 0.0512 e. The second-order valence-corrected chi connectivity index (χ2v) is 7.35. The van der Waals surface area contributed by atoms with Crippen LogP contribution in [-0.2, 0) is 7.05 Å². The molecule has 0 saturated carbocycles. The number of aryl methyl sites for hydroxylation is 1. The van der Waals surface area contributed by atoms with E-state index < -0.39 is 0 Å². The Morgan fingerprint density at radius 1 is 1.19 bits per heavy atom. The van der Waals surface area contributed by atoms with Crippen molar-refractivity contribution in [2.45, 2.75) is 52.0 Å². The van der Waals surface area contributed by atoms with Crippen LogP contribution in [0, 0.1) is 0 Å². The van der Waals surface area contributed by atoms with Crippen molar-refractivity contribution in [1.82, 2.24) is 9.47 Å². The number of aromatic nitrogens is 1. The fourth-order valence-corrected chi connectivity index (χ4v) is 2.91. The molecule has 2 rings (SSSR count). The first-order valence-corrected chi connectivity index (χ1v) is 8.06. The molecule has 1 heterocycles. The molecule has 0 N–H and O–H groups in total. The van der Waals surface area contributed by atoms with E-state index in [9.17, 15) is 0 Å². The molecule has 0 saturated heterocycles. The monoisotopic (exact) mass is 286 g/mol. The quantitative estimate of drug-likeness (QED) is 0.767. The zero-order chi connectivity index (χ0) is 15.6. The third-order valence-electron chi connectivity index (χ3n) is 4.74. The van der Waals surface area contributed by atoms with Gasteiger partial charge in [0.1, 0.15) is 0 Å². The Morgan fingerprint density at radius 2 is 1.90 bits per heavy atom. The minimum atomic E-state index is 0.265. The lowest BCUT2D eigenvalue weighted by molar-refractivity contribution is 0.172. The molecule has 0 amide bonds. The maximum absolute atomic E-state index is 2.45. The van der Waals surface area contributed by atoms with Gasteiger partial charge in [-0.2, -0.15) is 0 Å². The van der Waals surface area contributed by atoms with Crippen molar-refractivity contribution in [1.29, 1.82) is 0 Å². The standard InChI is InChI=1S/C19H30N2/c1-15(9-8-13-21(6)19(2,3)4)17-11-7-10-16-12-14-20(5)18(16)17/h7,10-12,14-15H,8-9,13H2,1-6H3. The fraction of sp³-hybridized carbons (Fsp3) is 0.579. The zero-order valence-corrected chi connectivity index (χ0v) is 14.5. The molecule has 0 spiro atoms. The van der Waals surface area contributed by atoms with Crippen LogP contribution in [0.5, 0.6) is 0 Å². The summed E-state index contributed by atoms with van der Waals surface area (Å²) in [5.74, 6) is 0.607. The molecular weight excluding hydrogens is 256 g/mol. The first-order chi connectivity index (χ1) is 9.80. The van der Waals surface area contributed by atoms with Crippen LogP contribution in [0.2, 0.25) is 0 Å². The second kappa shape index (κ2) is 6.23. The summed E-state index contributed by atoms with van der Waals surface area (Å²) < 4.78 is 2.25. The van der Waals surface area contributed by atoms with E-state index in [2.05, 4.69) is 81.7 Å². The molecule has 1 aromatic carbocycles. The van der Waals surface area contributed by atoms with Crippen LogP contribution in [0.4, 0.5) is 0 Å². The van der Waals surface area contributed by atoms with Crippen molar-refractivity contribution in [2.75, 3.05) is 13.6 Å². The highest BCUT2D eigenvalue weighted by atomic mass is 15.1. The van der Waals surface area contributed by atoms with Crippen molar-refractivity contribution >= 4 is 10.9 Å².